The zero-order valence-electron chi connectivity index (χ0n) is 21.4. The molecule has 1 atom stereocenters. The lowest BCUT2D eigenvalue weighted by atomic mass is 10.0. The average molecular weight is 547 g/mol. The van der Waals surface area contributed by atoms with Crippen LogP contribution < -0.4 is 4.74 Å². The summed E-state index contributed by atoms with van der Waals surface area (Å²) in [5, 5.41) is 12.7. The number of pyridine rings is 1. The van der Waals surface area contributed by atoms with Gasteiger partial charge in [-0.25, -0.2) is 4.98 Å². The number of carbonyl (C=O) groups excluding carboxylic acids is 1. The number of aromatic nitrogens is 6. The molecule has 0 bridgehead atoms. The van der Waals surface area contributed by atoms with Crippen molar-refractivity contribution in [2.24, 2.45) is 7.05 Å². The molecule has 13 heteroatoms. The van der Waals surface area contributed by atoms with Gasteiger partial charge in [0.2, 0.25) is 5.89 Å². The number of ether oxygens (including phenoxy) is 1. The topological polar surface area (TPSA) is 115 Å². The highest BCUT2D eigenvalue weighted by molar-refractivity contribution is 5.93. The van der Waals surface area contributed by atoms with Crippen LogP contribution in [0.2, 0.25) is 0 Å². The number of piperazine rings is 1. The van der Waals surface area contributed by atoms with Crippen LogP contribution in [0.15, 0.2) is 71.3 Å². The Morgan fingerprint density at radius 2 is 1.82 bits per heavy atom. The Balaban J connectivity index is 1.17. The van der Waals surface area contributed by atoms with Crippen molar-refractivity contribution in [3.63, 3.8) is 0 Å². The summed E-state index contributed by atoms with van der Waals surface area (Å²) in [7, 11) is 1.73. The third-order valence-corrected chi connectivity index (χ3v) is 6.66. The molecule has 11 nitrogen and oxygen atoms in total. The molecule has 4 heterocycles. The van der Waals surface area contributed by atoms with Crippen molar-refractivity contribution < 1.29 is 22.7 Å². The molecule has 0 N–H and O–H groups in total. The van der Waals surface area contributed by atoms with Crippen molar-refractivity contribution in [2.45, 2.75) is 12.7 Å². The second-order valence-electron chi connectivity index (χ2n) is 9.24. The molecule has 0 aliphatic carbocycles. The zero-order valence-corrected chi connectivity index (χ0v) is 21.4. The standard InChI is InChI=1S/C27H24F2N8O3/c1-35-33-24(32-34-35)23(17-5-3-2-4-6-17)36-11-13-37(14-12-36)26(38)21-15-18(9-10-30-21)25-31-20-16-19(39-27(28)29)7-8-22(20)40-25/h2-10,15-16,23,27H,11-14H2,1H3. The number of alkyl halides is 2. The van der Waals surface area contributed by atoms with Gasteiger partial charge in [0.05, 0.1) is 13.1 Å². The van der Waals surface area contributed by atoms with Crippen LogP contribution in [0.4, 0.5) is 8.78 Å². The van der Waals surface area contributed by atoms with Crippen LogP contribution in [0.25, 0.3) is 22.6 Å². The maximum absolute atomic E-state index is 13.4. The summed E-state index contributed by atoms with van der Waals surface area (Å²) < 4.78 is 35.3. The lowest BCUT2D eigenvalue weighted by molar-refractivity contribution is -0.0497. The van der Waals surface area contributed by atoms with Gasteiger partial charge in [0, 0.05) is 44.0 Å². The minimum Gasteiger partial charge on any atom is -0.436 e. The van der Waals surface area contributed by atoms with Crippen molar-refractivity contribution in [3.05, 3.63) is 83.9 Å². The van der Waals surface area contributed by atoms with E-state index in [0.29, 0.717) is 48.7 Å². The first-order valence-corrected chi connectivity index (χ1v) is 12.6. The maximum atomic E-state index is 13.4. The van der Waals surface area contributed by atoms with Gasteiger partial charge in [-0.05, 0) is 35.0 Å². The van der Waals surface area contributed by atoms with Gasteiger partial charge in [-0.1, -0.05) is 30.3 Å². The fraction of sp³-hybridized carbons (Fsp3) is 0.259. The van der Waals surface area contributed by atoms with E-state index in [1.807, 2.05) is 30.3 Å². The van der Waals surface area contributed by atoms with Crippen LogP contribution in [0.3, 0.4) is 0 Å². The summed E-state index contributed by atoms with van der Waals surface area (Å²) in [6.07, 6.45) is 1.52. The van der Waals surface area contributed by atoms with Crippen LogP contribution in [-0.4, -0.2) is 78.7 Å². The van der Waals surface area contributed by atoms with E-state index in [9.17, 15) is 13.6 Å². The fourth-order valence-corrected chi connectivity index (χ4v) is 4.80. The molecular weight excluding hydrogens is 522 g/mol. The van der Waals surface area contributed by atoms with Crippen molar-refractivity contribution in [1.29, 1.82) is 0 Å². The number of amides is 1. The summed E-state index contributed by atoms with van der Waals surface area (Å²) in [6.45, 7) is -0.740. The Hall–Kier alpha value is -4.78. The summed E-state index contributed by atoms with van der Waals surface area (Å²) in [4.78, 5) is 27.5. The molecule has 1 amide bonds. The van der Waals surface area contributed by atoms with Crippen LogP contribution in [0.5, 0.6) is 5.75 Å². The minimum atomic E-state index is -2.94. The number of oxazole rings is 1. The van der Waals surface area contributed by atoms with Gasteiger partial charge in [-0.3, -0.25) is 14.7 Å². The van der Waals surface area contributed by atoms with E-state index in [4.69, 9.17) is 4.42 Å². The minimum absolute atomic E-state index is 0.0170. The van der Waals surface area contributed by atoms with Crippen molar-refractivity contribution in [1.82, 2.24) is 40.0 Å². The van der Waals surface area contributed by atoms with Crippen molar-refractivity contribution in [2.75, 3.05) is 26.2 Å². The first kappa shape index (κ1) is 25.5. The first-order chi connectivity index (χ1) is 19.4. The van der Waals surface area contributed by atoms with Crippen LogP contribution >= 0.6 is 0 Å². The summed E-state index contributed by atoms with van der Waals surface area (Å²) in [5.41, 5.74) is 2.62. The number of benzene rings is 2. The molecule has 1 aliphatic heterocycles. The summed E-state index contributed by atoms with van der Waals surface area (Å²) in [6, 6.07) is 17.4. The van der Waals surface area contributed by atoms with Gasteiger partial charge in [-0.2, -0.15) is 13.6 Å². The van der Waals surface area contributed by atoms with Crippen molar-refractivity contribution >= 4 is 17.0 Å². The molecular formula is C27H24F2N8O3. The number of rotatable bonds is 7. The van der Waals surface area contributed by atoms with Crippen LogP contribution in [-0.2, 0) is 7.05 Å². The molecule has 0 spiro atoms. The van der Waals surface area contributed by atoms with E-state index in [0.717, 1.165) is 5.56 Å². The Labute approximate surface area is 227 Å². The average Bonchev–Trinajstić information content (AvgIpc) is 3.59. The SMILES string of the molecule is Cn1nnc(C(c2ccccc2)N2CCN(C(=O)c3cc(-c4nc5cc(OC(F)F)ccc5o4)ccn3)CC2)n1. The lowest BCUT2D eigenvalue weighted by Crippen LogP contribution is -2.50. The van der Waals surface area contributed by atoms with E-state index in [1.54, 1.807) is 24.1 Å². The number of nitrogens with zero attached hydrogens (tertiary/aromatic N) is 8. The predicted octanol–water partition coefficient (Wildman–Crippen LogP) is 3.56. The molecule has 40 heavy (non-hydrogen) atoms. The third-order valence-electron chi connectivity index (χ3n) is 6.66. The maximum Gasteiger partial charge on any atom is 0.387 e. The smallest absolute Gasteiger partial charge is 0.387 e. The monoisotopic (exact) mass is 546 g/mol. The van der Waals surface area contributed by atoms with Crippen LogP contribution in [0, 0.1) is 0 Å². The molecule has 1 unspecified atom stereocenters. The van der Waals surface area contributed by atoms with Gasteiger partial charge < -0.3 is 14.1 Å². The summed E-state index contributed by atoms with van der Waals surface area (Å²) in [5.74, 6) is 0.623. The number of aryl methyl sites for hydroxylation is 1. The van der Waals surface area contributed by atoms with E-state index in [2.05, 4.69) is 35.0 Å². The summed E-state index contributed by atoms with van der Waals surface area (Å²) >= 11 is 0. The molecule has 2 aromatic carbocycles. The van der Waals surface area contributed by atoms with Gasteiger partial charge in [0.25, 0.3) is 5.91 Å². The molecule has 0 radical (unpaired) electrons. The van der Waals surface area contributed by atoms with E-state index in [-0.39, 0.29) is 29.3 Å². The van der Waals surface area contributed by atoms with Gasteiger partial charge in [-0.15, -0.1) is 10.2 Å². The Kier molecular flexibility index (Phi) is 6.86. The first-order valence-electron chi connectivity index (χ1n) is 12.6. The van der Waals surface area contributed by atoms with E-state index >= 15 is 0 Å². The Morgan fingerprint density at radius 1 is 1.02 bits per heavy atom. The molecule has 6 rings (SSSR count). The zero-order chi connectivity index (χ0) is 27.6. The molecule has 1 aliphatic rings. The number of fused-ring (bicyclic) bond motifs is 1. The quantitative estimate of drug-likeness (QED) is 0.302. The fourth-order valence-electron chi connectivity index (χ4n) is 4.80. The third kappa shape index (κ3) is 5.23. The number of halogens is 2. The normalized spacial score (nSPS) is 15.1. The molecule has 0 saturated carbocycles. The largest absolute Gasteiger partial charge is 0.436 e. The number of carbonyl (C=O) groups is 1. The number of tetrazole rings is 1. The second-order valence-corrected chi connectivity index (χ2v) is 9.24. The highest BCUT2D eigenvalue weighted by atomic mass is 19.3. The highest BCUT2D eigenvalue weighted by Gasteiger charge is 2.31. The van der Waals surface area contributed by atoms with Crippen molar-refractivity contribution in [3.8, 4) is 17.2 Å². The lowest BCUT2D eigenvalue weighted by Gasteiger charge is -2.38. The molecule has 1 fully saturated rings. The van der Waals surface area contributed by atoms with E-state index < -0.39 is 6.61 Å². The van der Waals surface area contributed by atoms with E-state index in [1.165, 1.54) is 29.2 Å². The molecule has 1 saturated heterocycles. The predicted molar refractivity (Wildman–Crippen MR) is 138 cm³/mol. The number of hydrogen-bond acceptors (Lipinski definition) is 9. The Morgan fingerprint density at radius 3 is 2.55 bits per heavy atom. The van der Waals surface area contributed by atoms with Gasteiger partial charge in [0.1, 0.15) is 17.0 Å². The highest BCUT2D eigenvalue weighted by Crippen LogP contribution is 2.29. The number of hydrogen-bond donors (Lipinski definition) is 0. The molecule has 5 aromatic rings. The Bertz CT molecular complexity index is 1630. The van der Waals surface area contributed by atoms with Gasteiger partial charge >= 0.3 is 6.61 Å². The van der Waals surface area contributed by atoms with Crippen LogP contribution in [0.1, 0.15) is 27.9 Å². The van der Waals surface area contributed by atoms with Gasteiger partial charge in [0.15, 0.2) is 11.4 Å². The molecule has 3 aromatic heterocycles. The molecule has 204 valence electrons. The second kappa shape index (κ2) is 10.8.